The van der Waals surface area contributed by atoms with Gasteiger partial charge in [0.2, 0.25) is 0 Å². The van der Waals surface area contributed by atoms with Crippen molar-refractivity contribution in [1.82, 2.24) is 9.88 Å². The van der Waals surface area contributed by atoms with E-state index in [9.17, 15) is 13.2 Å². The fourth-order valence-electron chi connectivity index (χ4n) is 2.85. The predicted octanol–water partition coefficient (Wildman–Crippen LogP) is 3.35. The van der Waals surface area contributed by atoms with Gasteiger partial charge in [-0.2, -0.15) is 0 Å². The molecule has 0 bridgehead atoms. The number of aromatic nitrogens is 1. The molecule has 0 fully saturated rings. The lowest BCUT2D eigenvalue weighted by Gasteiger charge is -2.26. The molecule has 1 aromatic carbocycles. The molecule has 2 heterocycles. The summed E-state index contributed by atoms with van der Waals surface area (Å²) in [6.07, 6.45) is 1.77. The van der Waals surface area contributed by atoms with Gasteiger partial charge >= 0.3 is 0 Å². The first-order valence-corrected chi connectivity index (χ1v) is 6.51. The molecule has 0 saturated carbocycles. The van der Waals surface area contributed by atoms with Gasteiger partial charge in [0.15, 0.2) is 17.5 Å². The highest BCUT2D eigenvalue weighted by Gasteiger charge is 2.25. The Kier molecular flexibility index (Phi) is 3.01. The third-order valence-corrected chi connectivity index (χ3v) is 3.71. The van der Waals surface area contributed by atoms with Crippen LogP contribution in [0.3, 0.4) is 0 Å². The topological polar surface area (TPSA) is 19.0 Å². The van der Waals surface area contributed by atoms with E-state index >= 15 is 0 Å². The predicted molar refractivity (Wildman–Crippen MR) is 67.4 cm³/mol. The van der Waals surface area contributed by atoms with E-state index in [0.717, 1.165) is 43.3 Å². The van der Waals surface area contributed by atoms with Crippen LogP contribution >= 0.6 is 0 Å². The zero-order valence-electron chi connectivity index (χ0n) is 10.7. The van der Waals surface area contributed by atoms with E-state index in [-0.39, 0.29) is 5.39 Å². The van der Waals surface area contributed by atoms with Crippen LogP contribution in [0.1, 0.15) is 24.6 Å². The van der Waals surface area contributed by atoms with Crippen LogP contribution in [0.5, 0.6) is 0 Å². The van der Waals surface area contributed by atoms with Crippen molar-refractivity contribution in [3.63, 3.8) is 0 Å². The van der Waals surface area contributed by atoms with Gasteiger partial charge in [-0.3, -0.25) is 4.90 Å². The largest absolute Gasteiger partial charge is 0.358 e. The minimum atomic E-state index is -1.39. The maximum Gasteiger partial charge on any atom is 0.195 e. The normalized spacial score (nSPS) is 16.0. The third kappa shape index (κ3) is 1.92. The molecule has 0 radical (unpaired) electrons. The van der Waals surface area contributed by atoms with Crippen LogP contribution in [-0.4, -0.2) is 23.0 Å². The van der Waals surface area contributed by atoms with Crippen molar-refractivity contribution in [1.29, 1.82) is 0 Å². The maximum absolute atomic E-state index is 13.9. The number of fused-ring (bicyclic) bond motifs is 3. The summed E-state index contributed by atoms with van der Waals surface area (Å²) in [5.74, 6) is -3.61. The summed E-state index contributed by atoms with van der Waals surface area (Å²) in [5.41, 5.74) is 2.01. The van der Waals surface area contributed by atoms with Crippen molar-refractivity contribution < 1.29 is 13.2 Å². The number of H-pyrrole nitrogens is 1. The highest BCUT2D eigenvalue weighted by atomic mass is 19.2. The molecule has 3 rings (SSSR count). The van der Waals surface area contributed by atoms with Gasteiger partial charge in [-0.05, 0) is 18.5 Å². The van der Waals surface area contributed by atoms with Gasteiger partial charge in [0.25, 0.3) is 0 Å². The number of rotatable bonds is 2. The number of halogens is 3. The summed E-state index contributed by atoms with van der Waals surface area (Å²) in [7, 11) is 0. The number of nitrogens with zero attached hydrogens (tertiary/aromatic N) is 1. The molecule has 0 spiro atoms. The van der Waals surface area contributed by atoms with Crippen molar-refractivity contribution in [3.05, 3.63) is 34.8 Å². The van der Waals surface area contributed by atoms with Crippen LogP contribution in [0.2, 0.25) is 0 Å². The van der Waals surface area contributed by atoms with Gasteiger partial charge in [-0.25, -0.2) is 13.2 Å². The van der Waals surface area contributed by atoms with Crippen LogP contribution in [0.15, 0.2) is 6.07 Å². The number of nitrogens with one attached hydrogen (secondary N) is 1. The minimum absolute atomic E-state index is 0.203. The molecule has 0 unspecified atom stereocenters. The van der Waals surface area contributed by atoms with E-state index in [1.807, 2.05) is 0 Å². The highest BCUT2D eigenvalue weighted by Crippen LogP contribution is 2.31. The molecule has 5 heteroatoms. The fraction of sp³-hybridized carbons (Fsp3) is 0.429. The van der Waals surface area contributed by atoms with Gasteiger partial charge in [0.1, 0.15) is 0 Å². The second-order valence-electron chi connectivity index (χ2n) is 5.02. The van der Waals surface area contributed by atoms with Crippen LogP contribution in [0, 0.1) is 17.5 Å². The Morgan fingerprint density at radius 1 is 1.26 bits per heavy atom. The van der Waals surface area contributed by atoms with E-state index in [1.165, 1.54) is 0 Å². The molecule has 1 N–H and O–H groups in total. The minimum Gasteiger partial charge on any atom is -0.358 e. The first-order valence-electron chi connectivity index (χ1n) is 6.51. The molecule has 102 valence electrons. The van der Waals surface area contributed by atoms with Crippen LogP contribution in [-0.2, 0) is 13.0 Å². The lowest BCUT2D eigenvalue weighted by Crippen LogP contribution is -2.30. The first-order chi connectivity index (χ1) is 9.11. The van der Waals surface area contributed by atoms with Crippen molar-refractivity contribution in [2.45, 2.75) is 26.3 Å². The molecule has 0 aliphatic carbocycles. The molecular weight excluding hydrogens is 253 g/mol. The quantitative estimate of drug-likeness (QED) is 0.827. The molecule has 19 heavy (non-hydrogen) atoms. The zero-order chi connectivity index (χ0) is 13.6. The second kappa shape index (κ2) is 4.56. The number of hydrogen-bond donors (Lipinski definition) is 1. The summed E-state index contributed by atoms with van der Waals surface area (Å²) in [5, 5.41) is 0.203. The molecule has 0 atom stereocenters. The average Bonchev–Trinajstić information content (AvgIpc) is 2.74. The molecular formula is C14H15F3N2. The molecule has 2 nitrogen and oxygen atoms in total. The van der Waals surface area contributed by atoms with Crippen molar-refractivity contribution in [2.24, 2.45) is 0 Å². The van der Waals surface area contributed by atoms with Gasteiger partial charge in [-0.1, -0.05) is 6.92 Å². The van der Waals surface area contributed by atoms with Crippen LogP contribution in [0.4, 0.5) is 13.2 Å². The smallest absolute Gasteiger partial charge is 0.195 e. The van der Waals surface area contributed by atoms with Crippen molar-refractivity contribution in [3.8, 4) is 0 Å². The van der Waals surface area contributed by atoms with Gasteiger partial charge in [-0.15, -0.1) is 0 Å². The standard InChI is InChI=1S/C14H15F3N2/c1-2-4-19-5-3-10-8(7-19)12-11(18-10)6-9(15)13(16)14(12)17/h6,18H,2-5,7H2,1H3. The van der Waals surface area contributed by atoms with Gasteiger partial charge in [0, 0.05) is 36.7 Å². The van der Waals surface area contributed by atoms with Crippen molar-refractivity contribution >= 4 is 10.9 Å². The monoisotopic (exact) mass is 268 g/mol. The lowest BCUT2D eigenvalue weighted by atomic mass is 10.0. The summed E-state index contributed by atoms with van der Waals surface area (Å²) < 4.78 is 40.5. The summed E-state index contributed by atoms with van der Waals surface area (Å²) >= 11 is 0. The second-order valence-corrected chi connectivity index (χ2v) is 5.02. The molecule has 2 aromatic rings. The molecule has 1 aliphatic rings. The van der Waals surface area contributed by atoms with Gasteiger partial charge < -0.3 is 4.98 Å². The third-order valence-electron chi connectivity index (χ3n) is 3.71. The SMILES string of the molecule is CCCN1CCc2[nH]c3cc(F)c(F)c(F)c3c2C1. The number of benzene rings is 1. The summed E-state index contributed by atoms with van der Waals surface area (Å²) in [6, 6.07) is 1.04. The molecule has 0 amide bonds. The Balaban J connectivity index is 2.15. The first kappa shape index (κ1) is 12.5. The Labute approximate surface area is 109 Å². The molecule has 1 aromatic heterocycles. The Bertz CT molecular complexity index is 633. The zero-order valence-corrected chi connectivity index (χ0v) is 10.7. The van der Waals surface area contributed by atoms with Crippen molar-refractivity contribution in [2.75, 3.05) is 13.1 Å². The van der Waals surface area contributed by atoms with Crippen LogP contribution < -0.4 is 0 Å². The molecule has 0 saturated heterocycles. The fourth-order valence-corrected chi connectivity index (χ4v) is 2.85. The Hall–Kier alpha value is -1.49. The van der Waals surface area contributed by atoms with Gasteiger partial charge in [0.05, 0.1) is 5.52 Å². The Morgan fingerprint density at radius 3 is 2.79 bits per heavy atom. The van der Waals surface area contributed by atoms with Crippen LogP contribution in [0.25, 0.3) is 10.9 Å². The maximum atomic E-state index is 13.9. The van der Waals surface area contributed by atoms with E-state index in [0.29, 0.717) is 12.1 Å². The average molecular weight is 268 g/mol. The van der Waals surface area contributed by atoms with E-state index in [4.69, 9.17) is 0 Å². The van der Waals surface area contributed by atoms with E-state index in [1.54, 1.807) is 0 Å². The molecule has 1 aliphatic heterocycles. The Morgan fingerprint density at radius 2 is 2.05 bits per heavy atom. The summed E-state index contributed by atoms with van der Waals surface area (Å²) in [4.78, 5) is 5.22. The lowest BCUT2D eigenvalue weighted by molar-refractivity contribution is 0.254. The number of aromatic amines is 1. The summed E-state index contributed by atoms with van der Waals surface area (Å²) in [6.45, 7) is 4.49. The van der Waals surface area contributed by atoms with E-state index in [2.05, 4.69) is 16.8 Å². The highest BCUT2D eigenvalue weighted by molar-refractivity contribution is 5.85. The number of hydrogen-bond acceptors (Lipinski definition) is 1. The van der Waals surface area contributed by atoms with E-state index < -0.39 is 17.5 Å².